The Morgan fingerprint density at radius 2 is 1.29 bits per heavy atom. The number of rotatable bonds is 41. The van der Waals surface area contributed by atoms with E-state index in [-0.39, 0.29) is 82.4 Å². The number of allylic oxidation sites excluding steroid dienone is 1. The molecule has 77 heavy (non-hydrogen) atoms. The molecular formula is C48H74N10O19. The number of amides is 5. The van der Waals surface area contributed by atoms with Crippen LogP contribution in [0.2, 0.25) is 0 Å². The van der Waals surface area contributed by atoms with Crippen LogP contribution in [-0.2, 0) is 84.4 Å². The summed E-state index contributed by atoms with van der Waals surface area (Å²) in [6.07, 6.45) is 0.109. The van der Waals surface area contributed by atoms with Crippen molar-refractivity contribution in [3.8, 4) is 0 Å². The Morgan fingerprint density at radius 3 is 1.77 bits per heavy atom. The number of carbonyl (C=O) groups excluding carboxylic acids is 5. The Hall–Kier alpha value is -6.22. The van der Waals surface area contributed by atoms with E-state index < -0.39 is 59.3 Å². The van der Waals surface area contributed by atoms with Crippen LogP contribution in [0, 0.1) is 5.92 Å². The fraction of sp³-hybridized carbons (Fsp3) is 0.625. The van der Waals surface area contributed by atoms with Gasteiger partial charge < -0.3 is 73.2 Å². The standard InChI is InChI=1S/C48H74N10O19/c1-4-11-57-42-43(58(48(57)66)40-10-9-36(29-59)77-40)53-46(54-45(42)64)55-47(65)76-30-34-5-7-35(8-6-34)51-37(60)28-50-44(63)41(33(2)3)52-38(61)31-74-26-24-72-22-20-70-18-16-68-14-12-67-13-15-69-17-19-71-21-23-73-25-27-75-32-39(62)56-49/h4-8,33,36,40-41,59H,1,9-32,49H2,2-3H3,(H,50,63)(H,51,60)(H,52,61)(H,56,62)(H2,53,54,55,64,65). The van der Waals surface area contributed by atoms with Gasteiger partial charge in [0, 0.05) is 12.2 Å². The van der Waals surface area contributed by atoms with Crippen molar-refractivity contribution in [2.75, 3.05) is 143 Å². The normalized spacial score (nSPS) is 14.6. The second-order valence-corrected chi connectivity index (χ2v) is 17.0. The number of benzene rings is 1. The topological polar surface area (TPSA) is 366 Å². The summed E-state index contributed by atoms with van der Waals surface area (Å²) < 4.78 is 62.0. The van der Waals surface area contributed by atoms with Crippen molar-refractivity contribution < 1.29 is 81.2 Å². The van der Waals surface area contributed by atoms with Crippen molar-refractivity contribution in [3.05, 3.63) is 63.3 Å². The molecule has 9 N–H and O–H groups in total. The van der Waals surface area contributed by atoms with Gasteiger partial charge in [0.1, 0.15) is 32.1 Å². The molecule has 0 spiro atoms. The van der Waals surface area contributed by atoms with E-state index in [0.29, 0.717) is 110 Å². The van der Waals surface area contributed by atoms with Crippen molar-refractivity contribution in [2.45, 2.75) is 58.2 Å². The highest BCUT2D eigenvalue weighted by Gasteiger charge is 2.31. The summed E-state index contributed by atoms with van der Waals surface area (Å²) in [5, 5.41) is 19.7. The van der Waals surface area contributed by atoms with E-state index in [4.69, 9.17) is 57.9 Å². The van der Waals surface area contributed by atoms with Crippen molar-refractivity contribution >= 4 is 52.5 Å². The van der Waals surface area contributed by atoms with Gasteiger partial charge in [0.25, 0.3) is 11.5 Å². The SMILES string of the molecule is C=CCn1c(=O)n(C2CCC(CO)O2)c2nc(NC(=O)OCc3ccc(NC(=O)CNC(=O)C(NC(=O)COCCOCCOCCOCCOCCOCCOCCOCCOCC(=O)NN)C(C)C)cc3)[nH]c(=O)c21. The molecule has 0 bridgehead atoms. The molecule has 1 saturated heterocycles. The number of nitrogens with two attached hydrogens (primary N) is 1. The fourth-order valence-electron chi connectivity index (χ4n) is 7.04. The van der Waals surface area contributed by atoms with Crippen LogP contribution in [-0.4, -0.2) is 198 Å². The minimum atomic E-state index is -0.957. The summed E-state index contributed by atoms with van der Waals surface area (Å²) in [4.78, 5) is 95.1. The number of aliphatic hydroxyl groups is 1. The number of hydrogen-bond donors (Lipinski definition) is 8. The number of fused-ring (bicyclic) bond motifs is 1. The zero-order valence-electron chi connectivity index (χ0n) is 43.6. The van der Waals surface area contributed by atoms with E-state index in [1.807, 2.05) is 5.43 Å². The smallest absolute Gasteiger partial charge is 0.414 e. The molecule has 29 heteroatoms. The van der Waals surface area contributed by atoms with Gasteiger partial charge in [0.2, 0.25) is 23.7 Å². The molecule has 3 heterocycles. The third kappa shape index (κ3) is 23.9. The summed E-state index contributed by atoms with van der Waals surface area (Å²) in [6, 6.07) is 5.39. The lowest BCUT2D eigenvalue weighted by molar-refractivity contribution is -0.133. The second-order valence-electron chi connectivity index (χ2n) is 17.0. The van der Waals surface area contributed by atoms with Crippen LogP contribution in [0.4, 0.5) is 16.4 Å². The van der Waals surface area contributed by atoms with Crippen LogP contribution >= 0.6 is 0 Å². The van der Waals surface area contributed by atoms with E-state index >= 15 is 0 Å². The number of H-pyrrole nitrogens is 1. The summed E-state index contributed by atoms with van der Waals surface area (Å²) in [6.45, 7) is 11.6. The number of aliphatic hydroxyl groups excluding tert-OH is 1. The fourth-order valence-corrected chi connectivity index (χ4v) is 7.04. The molecule has 2 aromatic heterocycles. The lowest BCUT2D eigenvalue weighted by atomic mass is 10.0. The van der Waals surface area contributed by atoms with Gasteiger partial charge in [-0.3, -0.25) is 44.3 Å². The molecule has 5 amide bonds. The lowest BCUT2D eigenvalue weighted by Crippen LogP contribution is -2.51. The second kappa shape index (κ2) is 36.7. The zero-order chi connectivity index (χ0) is 55.6. The highest BCUT2D eigenvalue weighted by atomic mass is 16.6. The molecule has 1 fully saturated rings. The van der Waals surface area contributed by atoms with Crippen LogP contribution in [0.25, 0.3) is 11.2 Å². The maximum absolute atomic E-state index is 13.3. The third-order valence-corrected chi connectivity index (χ3v) is 10.8. The van der Waals surface area contributed by atoms with Crippen molar-refractivity contribution in [2.24, 2.45) is 11.8 Å². The molecule has 3 aromatic rings. The zero-order valence-corrected chi connectivity index (χ0v) is 43.6. The van der Waals surface area contributed by atoms with Gasteiger partial charge in [-0.1, -0.05) is 32.1 Å². The Bertz CT molecular complexity index is 2380. The summed E-state index contributed by atoms with van der Waals surface area (Å²) in [5.74, 6) is 2.34. The van der Waals surface area contributed by atoms with Gasteiger partial charge in [0.05, 0.1) is 125 Å². The van der Waals surface area contributed by atoms with Crippen LogP contribution in [0.3, 0.4) is 0 Å². The first-order valence-corrected chi connectivity index (χ1v) is 25.1. The number of ether oxygens (including phenoxy) is 11. The average Bonchev–Trinajstić information content (AvgIpc) is 4.04. The van der Waals surface area contributed by atoms with E-state index in [2.05, 4.69) is 37.8 Å². The van der Waals surface area contributed by atoms with Crippen LogP contribution in [0.15, 0.2) is 46.5 Å². The van der Waals surface area contributed by atoms with Crippen LogP contribution in [0.1, 0.15) is 38.5 Å². The van der Waals surface area contributed by atoms with Gasteiger partial charge in [-0.2, -0.15) is 4.98 Å². The average molecular weight is 1100 g/mol. The maximum Gasteiger partial charge on any atom is 0.414 e. The van der Waals surface area contributed by atoms with Crippen molar-refractivity contribution in [1.29, 1.82) is 0 Å². The number of aromatic amines is 1. The monoisotopic (exact) mass is 1090 g/mol. The Balaban J connectivity index is 0.983. The Labute approximate surface area is 443 Å². The van der Waals surface area contributed by atoms with Crippen LogP contribution < -0.4 is 43.8 Å². The van der Waals surface area contributed by atoms with Crippen molar-refractivity contribution in [3.63, 3.8) is 0 Å². The number of aromatic nitrogens is 4. The minimum Gasteiger partial charge on any atom is -0.444 e. The molecule has 1 aliphatic heterocycles. The first kappa shape index (κ1) is 63.3. The van der Waals surface area contributed by atoms with Crippen molar-refractivity contribution in [1.82, 2.24) is 35.2 Å². The number of carbonyl (C=O) groups is 5. The molecule has 4 rings (SSSR count). The van der Waals surface area contributed by atoms with Gasteiger partial charge in [0.15, 0.2) is 11.2 Å². The molecule has 1 aromatic carbocycles. The number of imidazole rings is 1. The summed E-state index contributed by atoms with van der Waals surface area (Å²) in [7, 11) is 0. The van der Waals surface area contributed by atoms with E-state index in [9.17, 15) is 38.7 Å². The third-order valence-electron chi connectivity index (χ3n) is 10.8. The first-order valence-electron chi connectivity index (χ1n) is 25.1. The van der Waals surface area contributed by atoms with Gasteiger partial charge in [-0.15, -0.1) is 6.58 Å². The van der Waals surface area contributed by atoms with Gasteiger partial charge in [-0.25, -0.2) is 20.0 Å². The van der Waals surface area contributed by atoms with E-state index in [1.54, 1.807) is 38.1 Å². The Kier molecular flexibility index (Phi) is 30.2. The Morgan fingerprint density at radius 1 is 0.766 bits per heavy atom. The van der Waals surface area contributed by atoms with E-state index in [0.717, 1.165) is 0 Å². The lowest BCUT2D eigenvalue weighted by Gasteiger charge is -2.21. The maximum atomic E-state index is 13.3. The molecule has 430 valence electrons. The highest BCUT2D eigenvalue weighted by molar-refractivity contribution is 5.96. The van der Waals surface area contributed by atoms with E-state index in [1.165, 1.54) is 15.2 Å². The molecule has 3 atom stereocenters. The molecule has 1 aliphatic rings. The van der Waals surface area contributed by atoms with Gasteiger partial charge in [-0.05, 0) is 36.5 Å². The predicted octanol–water partition coefficient (Wildman–Crippen LogP) is -1.17. The number of hydrazine groups is 1. The summed E-state index contributed by atoms with van der Waals surface area (Å²) >= 11 is 0. The molecule has 0 saturated carbocycles. The predicted molar refractivity (Wildman–Crippen MR) is 273 cm³/mol. The van der Waals surface area contributed by atoms with Gasteiger partial charge >= 0.3 is 11.8 Å². The molecule has 29 nitrogen and oxygen atoms in total. The number of nitrogens with one attached hydrogen (secondary N) is 6. The molecule has 3 unspecified atom stereocenters. The molecule has 0 radical (unpaired) electrons. The first-order chi connectivity index (χ1) is 37.3. The highest BCUT2D eigenvalue weighted by Crippen LogP contribution is 2.29. The molecular weight excluding hydrogens is 1020 g/mol. The number of nitrogens with zero attached hydrogens (tertiary/aromatic N) is 3. The number of hydrogen-bond acceptors (Lipinski definition) is 21. The largest absolute Gasteiger partial charge is 0.444 e. The van der Waals surface area contributed by atoms with Crippen LogP contribution in [0.5, 0.6) is 0 Å². The summed E-state index contributed by atoms with van der Waals surface area (Å²) in [5.41, 5.74) is 1.58. The molecule has 0 aliphatic carbocycles. The minimum absolute atomic E-state index is 0.0188. The number of anilines is 2. The quantitative estimate of drug-likeness (QED) is 0.0109.